The highest BCUT2D eigenvalue weighted by atomic mass is 16.4. The molecule has 3 aromatic rings. The van der Waals surface area contributed by atoms with Crippen LogP contribution in [-0.4, -0.2) is 69.5 Å². The first kappa shape index (κ1) is 29.6. The number of nitrogens with two attached hydrogens (primary N) is 2. The number of hydrogen-bond acceptors (Lipinski definition) is 7. The Hall–Kier alpha value is -4.91. The minimum Gasteiger partial charge on any atom is -0.508 e. The lowest BCUT2D eigenvalue weighted by atomic mass is 10.0. The molecular weight excluding hydrogens is 520 g/mol. The molecular formula is C27H32N6O7. The Morgan fingerprint density at radius 2 is 1.50 bits per heavy atom. The number of carboxylic acids is 1. The Balaban J connectivity index is 1.83. The normalized spacial score (nSPS) is 13.1. The molecule has 0 saturated carbocycles. The number of H-pyrrole nitrogens is 1. The zero-order valence-corrected chi connectivity index (χ0v) is 21.6. The summed E-state index contributed by atoms with van der Waals surface area (Å²) in [5.41, 5.74) is 12.6. The molecule has 13 heteroatoms. The third kappa shape index (κ3) is 8.30. The number of carbonyl (C=O) groups is 5. The number of primary amides is 1. The number of para-hydroxylation sites is 1. The molecule has 3 rings (SSSR count). The number of aliphatic carboxylic acids is 1. The van der Waals surface area contributed by atoms with E-state index in [4.69, 9.17) is 11.5 Å². The molecule has 0 radical (unpaired) electrons. The summed E-state index contributed by atoms with van der Waals surface area (Å²) in [4.78, 5) is 64.9. The van der Waals surface area contributed by atoms with Crippen LogP contribution in [0.25, 0.3) is 10.9 Å². The van der Waals surface area contributed by atoms with Crippen LogP contribution in [0.3, 0.4) is 0 Å². The van der Waals surface area contributed by atoms with Gasteiger partial charge >= 0.3 is 5.97 Å². The van der Waals surface area contributed by atoms with Gasteiger partial charge in [-0.2, -0.15) is 0 Å². The number of phenolic OH excluding ortho intramolecular Hbond substituents is 1. The van der Waals surface area contributed by atoms with E-state index >= 15 is 0 Å². The molecule has 0 aliphatic heterocycles. The Kier molecular flexibility index (Phi) is 10.2. The van der Waals surface area contributed by atoms with Gasteiger partial charge in [0.25, 0.3) is 0 Å². The van der Waals surface area contributed by atoms with E-state index in [2.05, 4.69) is 20.9 Å². The Labute approximate surface area is 229 Å². The van der Waals surface area contributed by atoms with Crippen LogP contribution >= 0.6 is 0 Å². The maximum Gasteiger partial charge on any atom is 0.326 e. The fraction of sp³-hybridized carbons (Fsp3) is 0.296. The van der Waals surface area contributed by atoms with Gasteiger partial charge < -0.3 is 42.6 Å². The van der Waals surface area contributed by atoms with E-state index in [9.17, 15) is 34.2 Å². The Morgan fingerprint density at radius 3 is 2.15 bits per heavy atom. The smallest absolute Gasteiger partial charge is 0.326 e. The van der Waals surface area contributed by atoms with E-state index in [0.717, 1.165) is 10.9 Å². The first-order valence-corrected chi connectivity index (χ1v) is 12.5. The molecule has 0 aliphatic rings. The van der Waals surface area contributed by atoms with Crippen molar-refractivity contribution in [2.24, 2.45) is 11.5 Å². The number of hydrogen-bond donors (Lipinski definition) is 8. The first-order chi connectivity index (χ1) is 19.1. The summed E-state index contributed by atoms with van der Waals surface area (Å²) in [6.07, 6.45) is 1.22. The predicted octanol–water partition coefficient (Wildman–Crippen LogP) is -0.578. The van der Waals surface area contributed by atoms with Gasteiger partial charge in [-0.15, -0.1) is 0 Å². The number of benzene rings is 2. The number of nitrogens with one attached hydrogen (secondary N) is 4. The van der Waals surface area contributed by atoms with Gasteiger partial charge in [0.15, 0.2) is 0 Å². The second kappa shape index (κ2) is 13.8. The van der Waals surface area contributed by atoms with Crippen molar-refractivity contribution in [3.05, 3.63) is 65.9 Å². The van der Waals surface area contributed by atoms with E-state index in [1.54, 1.807) is 18.3 Å². The van der Waals surface area contributed by atoms with E-state index in [-0.39, 0.29) is 31.4 Å². The van der Waals surface area contributed by atoms with Gasteiger partial charge in [-0.1, -0.05) is 30.3 Å². The summed E-state index contributed by atoms with van der Waals surface area (Å²) in [6, 6.07) is 9.40. The van der Waals surface area contributed by atoms with E-state index < -0.39 is 54.3 Å². The minimum atomic E-state index is -1.33. The molecule has 0 bridgehead atoms. The maximum absolute atomic E-state index is 13.4. The number of aromatic nitrogens is 1. The molecule has 3 unspecified atom stereocenters. The van der Waals surface area contributed by atoms with Crippen LogP contribution in [0.2, 0.25) is 0 Å². The number of phenols is 1. The molecule has 0 saturated heterocycles. The van der Waals surface area contributed by atoms with Gasteiger partial charge in [-0.25, -0.2) is 4.79 Å². The largest absolute Gasteiger partial charge is 0.508 e. The van der Waals surface area contributed by atoms with E-state index in [1.165, 1.54) is 12.1 Å². The molecule has 0 aliphatic carbocycles. The average molecular weight is 553 g/mol. The van der Waals surface area contributed by atoms with Gasteiger partial charge in [0.05, 0.1) is 6.54 Å². The average Bonchev–Trinajstić information content (AvgIpc) is 3.33. The molecule has 4 amide bonds. The summed E-state index contributed by atoms with van der Waals surface area (Å²) in [6.45, 7) is -0.411. The number of aromatic amines is 1. The van der Waals surface area contributed by atoms with Crippen molar-refractivity contribution in [2.75, 3.05) is 6.54 Å². The molecule has 0 spiro atoms. The number of carboxylic acid groups (broad SMARTS) is 1. The van der Waals surface area contributed by atoms with Crippen molar-refractivity contribution < 1.29 is 34.2 Å². The van der Waals surface area contributed by atoms with Crippen LogP contribution < -0.4 is 27.4 Å². The van der Waals surface area contributed by atoms with Crippen LogP contribution in [0.4, 0.5) is 0 Å². The van der Waals surface area contributed by atoms with Crippen LogP contribution in [0.5, 0.6) is 5.75 Å². The second-order valence-electron chi connectivity index (χ2n) is 9.22. The number of fused-ring (bicyclic) bond motifs is 1. The topological polar surface area (TPSA) is 230 Å². The SMILES string of the molecule is NCC(=O)NC(CCC(N)=O)C(=O)NC(Cc1ccc(O)cc1)C(=O)NC(Cc1c[nH]c2ccccc12)C(=O)O. The molecule has 40 heavy (non-hydrogen) atoms. The lowest BCUT2D eigenvalue weighted by Crippen LogP contribution is -2.57. The monoisotopic (exact) mass is 552 g/mol. The van der Waals surface area contributed by atoms with Crippen molar-refractivity contribution >= 4 is 40.5 Å². The summed E-state index contributed by atoms with van der Waals surface area (Å²) in [7, 11) is 0. The van der Waals surface area contributed by atoms with Gasteiger partial charge in [-0.3, -0.25) is 19.2 Å². The third-order valence-electron chi connectivity index (χ3n) is 6.24. The summed E-state index contributed by atoms with van der Waals surface area (Å²) < 4.78 is 0. The number of carbonyl (C=O) groups excluding carboxylic acids is 4. The number of amides is 4. The highest BCUT2D eigenvalue weighted by Gasteiger charge is 2.30. The molecule has 212 valence electrons. The summed E-state index contributed by atoms with van der Waals surface area (Å²) in [5.74, 6) is -4.20. The fourth-order valence-corrected chi connectivity index (χ4v) is 4.15. The third-order valence-corrected chi connectivity index (χ3v) is 6.24. The molecule has 1 heterocycles. The lowest BCUT2D eigenvalue weighted by molar-refractivity contribution is -0.142. The lowest BCUT2D eigenvalue weighted by Gasteiger charge is -2.24. The minimum absolute atomic E-state index is 0.00512. The van der Waals surface area contributed by atoms with Crippen molar-refractivity contribution in [3.63, 3.8) is 0 Å². The van der Waals surface area contributed by atoms with E-state index in [0.29, 0.717) is 11.1 Å². The summed E-state index contributed by atoms with van der Waals surface area (Å²) >= 11 is 0. The molecule has 2 aromatic carbocycles. The fourth-order valence-electron chi connectivity index (χ4n) is 4.15. The molecule has 3 atom stereocenters. The molecule has 10 N–H and O–H groups in total. The van der Waals surface area contributed by atoms with Gasteiger partial charge in [0.1, 0.15) is 23.9 Å². The highest BCUT2D eigenvalue weighted by molar-refractivity contribution is 5.94. The van der Waals surface area contributed by atoms with Gasteiger partial charge in [0, 0.05) is 36.4 Å². The molecule has 13 nitrogen and oxygen atoms in total. The quantitative estimate of drug-likeness (QED) is 0.129. The van der Waals surface area contributed by atoms with Crippen LogP contribution in [0.1, 0.15) is 24.0 Å². The Morgan fingerprint density at radius 1 is 0.850 bits per heavy atom. The van der Waals surface area contributed by atoms with E-state index in [1.807, 2.05) is 24.3 Å². The Bertz CT molecular complexity index is 1370. The highest BCUT2D eigenvalue weighted by Crippen LogP contribution is 2.19. The van der Waals surface area contributed by atoms with Crippen LogP contribution in [-0.2, 0) is 36.8 Å². The second-order valence-corrected chi connectivity index (χ2v) is 9.22. The summed E-state index contributed by atoms with van der Waals surface area (Å²) in [5, 5.41) is 27.7. The van der Waals surface area contributed by atoms with Crippen molar-refractivity contribution in [1.29, 1.82) is 0 Å². The maximum atomic E-state index is 13.4. The molecule has 0 fully saturated rings. The number of rotatable bonds is 14. The van der Waals surface area contributed by atoms with Crippen molar-refractivity contribution in [3.8, 4) is 5.75 Å². The molecule has 1 aromatic heterocycles. The predicted molar refractivity (Wildman–Crippen MR) is 145 cm³/mol. The van der Waals surface area contributed by atoms with Crippen LogP contribution in [0.15, 0.2) is 54.7 Å². The van der Waals surface area contributed by atoms with Crippen molar-refractivity contribution in [2.45, 2.75) is 43.8 Å². The number of aromatic hydroxyl groups is 1. The van der Waals surface area contributed by atoms with Crippen LogP contribution in [0, 0.1) is 0 Å². The van der Waals surface area contributed by atoms with Crippen molar-refractivity contribution in [1.82, 2.24) is 20.9 Å². The van der Waals surface area contributed by atoms with Gasteiger partial charge in [-0.05, 0) is 35.7 Å². The first-order valence-electron chi connectivity index (χ1n) is 12.5. The zero-order valence-electron chi connectivity index (χ0n) is 21.6. The standard InChI is InChI=1S/C27H32N6O7/c28-13-24(36)31-20(9-10-23(29)35)25(37)32-21(11-15-5-7-17(34)8-6-15)26(38)33-22(27(39)40)12-16-14-30-19-4-2-1-3-18(16)19/h1-8,14,20-22,30,34H,9-13,28H2,(H2,29,35)(H,31,36)(H,32,37)(H,33,38)(H,39,40). The van der Waals surface area contributed by atoms with Gasteiger partial charge in [0.2, 0.25) is 23.6 Å². The zero-order chi connectivity index (χ0) is 29.2.